The van der Waals surface area contributed by atoms with Gasteiger partial charge in [0.1, 0.15) is 0 Å². The van der Waals surface area contributed by atoms with Crippen molar-refractivity contribution in [3.63, 3.8) is 0 Å². The lowest BCUT2D eigenvalue weighted by Crippen LogP contribution is -2.47. The van der Waals surface area contributed by atoms with Gasteiger partial charge < -0.3 is 15.3 Å². The van der Waals surface area contributed by atoms with Crippen LogP contribution >= 0.6 is 0 Å². The molecule has 1 aliphatic heterocycles. The molecule has 0 bridgehead atoms. The summed E-state index contributed by atoms with van der Waals surface area (Å²) in [6, 6.07) is 0. The lowest BCUT2D eigenvalue weighted by atomic mass is 10.00. The maximum atomic E-state index is 11.9. The second-order valence-electron chi connectivity index (χ2n) is 5.32. The standard InChI is InChI=1S/C12H24N2O2/c1-12(2,9-15)14(3)11(16)5-4-10-6-7-13-8-10/h10,13,15H,4-9H2,1-3H3. The van der Waals surface area contributed by atoms with E-state index in [2.05, 4.69) is 5.32 Å². The van der Waals surface area contributed by atoms with Crippen LogP contribution in [-0.2, 0) is 4.79 Å². The molecular formula is C12H24N2O2. The number of likely N-dealkylation sites (N-methyl/N-ethyl adjacent to an activating group) is 1. The van der Waals surface area contributed by atoms with E-state index in [1.807, 2.05) is 13.8 Å². The molecule has 1 fully saturated rings. The average molecular weight is 228 g/mol. The second kappa shape index (κ2) is 5.64. The first-order valence-electron chi connectivity index (χ1n) is 6.05. The van der Waals surface area contributed by atoms with Crippen molar-refractivity contribution < 1.29 is 9.90 Å². The largest absolute Gasteiger partial charge is 0.394 e. The molecule has 2 N–H and O–H groups in total. The number of hydrogen-bond acceptors (Lipinski definition) is 3. The molecule has 16 heavy (non-hydrogen) atoms. The van der Waals surface area contributed by atoms with Gasteiger partial charge in [0.2, 0.25) is 5.91 Å². The Kier molecular flexibility index (Phi) is 4.74. The molecule has 1 unspecified atom stereocenters. The predicted molar refractivity (Wildman–Crippen MR) is 64.1 cm³/mol. The van der Waals surface area contributed by atoms with Crippen molar-refractivity contribution >= 4 is 5.91 Å². The number of hydrogen-bond donors (Lipinski definition) is 2. The number of aliphatic hydroxyl groups is 1. The van der Waals surface area contributed by atoms with Gasteiger partial charge in [-0.25, -0.2) is 0 Å². The average Bonchev–Trinajstić information content (AvgIpc) is 2.77. The fraction of sp³-hybridized carbons (Fsp3) is 0.917. The highest BCUT2D eigenvalue weighted by atomic mass is 16.3. The van der Waals surface area contributed by atoms with E-state index in [4.69, 9.17) is 0 Å². The molecule has 0 saturated carbocycles. The summed E-state index contributed by atoms with van der Waals surface area (Å²) >= 11 is 0. The Balaban J connectivity index is 2.33. The Bertz CT molecular complexity index is 235. The van der Waals surface area contributed by atoms with Crippen LogP contribution < -0.4 is 5.32 Å². The zero-order valence-electron chi connectivity index (χ0n) is 10.6. The van der Waals surface area contributed by atoms with Crippen molar-refractivity contribution in [3.05, 3.63) is 0 Å². The minimum atomic E-state index is -0.453. The van der Waals surface area contributed by atoms with Crippen molar-refractivity contribution in [1.29, 1.82) is 0 Å². The van der Waals surface area contributed by atoms with Crippen molar-refractivity contribution in [2.75, 3.05) is 26.7 Å². The molecule has 4 nitrogen and oxygen atoms in total. The molecule has 1 rings (SSSR count). The van der Waals surface area contributed by atoms with Crippen molar-refractivity contribution in [1.82, 2.24) is 10.2 Å². The van der Waals surface area contributed by atoms with Gasteiger partial charge in [-0.2, -0.15) is 0 Å². The number of carbonyl (C=O) groups is 1. The molecule has 0 radical (unpaired) electrons. The zero-order valence-corrected chi connectivity index (χ0v) is 10.6. The van der Waals surface area contributed by atoms with Crippen molar-refractivity contribution in [3.8, 4) is 0 Å². The summed E-state index contributed by atoms with van der Waals surface area (Å²) in [5, 5.41) is 12.5. The summed E-state index contributed by atoms with van der Waals surface area (Å²) in [7, 11) is 1.77. The Hall–Kier alpha value is -0.610. The minimum Gasteiger partial charge on any atom is -0.394 e. The Morgan fingerprint density at radius 3 is 2.75 bits per heavy atom. The van der Waals surface area contributed by atoms with Gasteiger partial charge in [-0.1, -0.05) is 0 Å². The third-order valence-electron chi connectivity index (χ3n) is 3.60. The Morgan fingerprint density at radius 2 is 2.25 bits per heavy atom. The lowest BCUT2D eigenvalue weighted by molar-refractivity contribution is -0.136. The molecule has 94 valence electrons. The molecule has 1 saturated heterocycles. The minimum absolute atomic E-state index is 0.000222. The first-order chi connectivity index (χ1) is 7.47. The maximum absolute atomic E-state index is 11.9. The van der Waals surface area contributed by atoms with Crippen molar-refractivity contribution in [2.24, 2.45) is 5.92 Å². The first-order valence-corrected chi connectivity index (χ1v) is 6.05. The van der Waals surface area contributed by atoms with Gasteiger partial charge in [-0.15, -0.1) is 0 Å². The summed E-state index contributed by atoms with van der Waals surface area (Å²) < 4.78 is 0. The molecule has 0 aromatic carbocycles. The fourth-order valence-electron chi connectivity index (χ4n) is 1.90. The van der Waals surface area contributed by atoms with E-state index < -0.39 is 5.54 Å². The van der Waals surface area contributed by atoms with Crippen LogP contribution in [0, 0.1) is 5.92 Å². The van der Waals surface area contributed by atoms with Crippen LogP contribution in [0.1, 0.15) is 33.1 Å². The molecule has 1 heterocycles. The van der Waals surface area contributed by atoms with Crippen LogP contribution in [-0.4, -0.2) is 48.2 Å². The van der Waals surface area contributed by atoms with Crippen LogP contribution in [0.4, 0.5) is 0 Å². The van der Waals surface area contributed by atoms with E-state index in [1.54, 1.807) is 11.9 Å². The van der Waals surface area contributed by atoms with Crippen molar-refractivity contribution in [2.45, 2.75) is 38.6 Å². The summed E-state index contributed by atoms with van der Waals surface area (Å²) in [4.78, 5) is 13.6. The second-order valence-corrected chi connectivity index (χ2v) is 5.32. The summed E-state index contributed by atoms with van der Waals surface area (Å²) in [5.41, 5.74) is -0.453. The van der Waals surface area contributed by atoms with Gasteiger partial charge in [0.15, 0.2) is 0 Å². The predicted octanol–water partition coefficient (Wildman–Crippen LogP) is 0.605. The monoisotopic (exact) mass is 228 g/mol. The molecule has 4 heteroatoms. The third kappa shape index (κ3) is 3.46. The Labute approximate surface area is 98.0 Å². The number of nitrogens with zero attached hydrogens (tertiary/aromatic N) is 1. The molecule has 0 aromatic rings. The SMILES string of the molecule is CN(C(=O)CCC1CCNC1)C(C)(C)CO. The molecular weight excluding hydrogens is 204 g/mol. The van der Waals surface area contributed by atoms with Crippen LogP contribution in [0.25, 0.3) is 0 Å². The van der Waals surface area contributed by atoms with E-state index in [0.29, 0.717) is 12.3 Å². The normalized spacial score (nSPS) is 21.1. The van der Waals surface area contributed by atoms with Gasteiger partial charge in [0, 0.05) is 13.5 Å². The Morgan fingerprint density at radius 1 is 1.56 bits per heavy atom. The lowest BCUT2D eigenvalue weighted by Gasteiger charge is -2.34. The maximum Gasteiger partial charge on any atom is 0.222 e. The highest BCUT2D eigenvalue weighted by Crippen LogP contribution is 2.18. The highest BCUT2D eigenvalue weighted by Gasteiger charge is 2.27. The number of aliphatic hydroxyl groups excluding tert-OH is 1. The summed E-state index contributed by atoms with van der Waals surface area (Å²) in [5.74, 6) is 0.778. The van der Waals surface area contributed by atoms with E-state index >= 15 is 0 Å². The molecule has 0 spiro atoms. The number of rotatable bonds is 5. The topological polar surface area (TPSA) is 52.6 Å². The van der Waals surface area contributed by atoms with Gasteiger partial charge in [0.05, 0.1) is 12.1 Å². The number of nitrogens with one attached hydrogen (secondary N) is 1. The molecule has 1 aliphatic rings. The van der Waals surface area contributed by atoms with Crippen LogP contribution in [0.5, 0.6) is 0 Å². The van der Waals surface area contributed by atoms with E-state index in [-0.39, 0.29) is 12.5 Å². The third-order valence-corrected chi connectivity index (χ3v) is 3.60. The first kappa shape index (κ1) is 13.5. The smallest absolute Gasteiger partial charge is 0.222 e. The molecule has 0 aliphatic carbocycles. The van der Waals surface area contributed by atoms with Gasteiger partial charge in [-0.3, -0.25) is 4.79 Å². The van der Waals surface area contributed by atoms with Crippen LogP contribution in [0.2, 0.25) is 0 Å². The summed E-state index contributed by atoms with van der Waals surface area (Å²) in [6.45, 7) is 5.88. The quantitative estimate of drug-likeness (QED) is 0.725. The van der Waals surface area contributed by atoms with E-state index in [0.717, 1.165) is 19.5 Å². The van der Waals surface area contributed by atoms with Crippen LogP contribution in [0.15, 0.2) is 0 Å². The van der Waals surface area contributed by atoms with E-state index in [1.165, 1.54) is 6.42 Å². The summed E-state index contributed by atoms with van der Waals surface area (Å²) in [6.07, 6.45) is 2.73. The van der Waals surface area contributed by atoms with Gasteiger partial charge in [0.25, 0.3) is 0 Å². The number of carbonyl (C=O) groups excluding carboxylic acids is 1. The molecule has 1 amide bonds. The van der Waals surface area contributed by atoms with Crippen LogP contribution in [0.3, 0.4) is 0 Å². The fourth-order valence-corrected chi connectivity index (χ4v) is 1.90. The molecule has 1 atom stereocenters. The van der Waals surface area contributed by atoms with E-state index in [9.17, 15) is 9.90 Å². The zero-order chi connectivity index (χ0) is 12.2. The highest BCUT2D eigenvalue weighted by molar-refractivity contribution is 5.76. The van der Waals surface area contributed by atoms with Gasteiger partial charge in [-0.05, 0) is 45.7 Å². The van der Waals surface area contributed by atoms with Gasteiger partial charge >= 0.3 is 0 Å². The molecule has 0 aromatic heterocycles. The number of amides is 1.